The lowest BCUT2D eigenvalue weighted by molar-refractivity contribution is -0.141. The zero-order chi connectivity index (χ0) is 18.4. The summed E-state index contributed by atoms with van der Waals surface area (Å²) in [5, 5.41) is 0. The average Bonchev–Trinajstić information content (AvgIpc) is 3.12. The zero-order valence-electron chi connectivity index (χ0n) is 16.4. The molecule has 0 N–H and O–H groups in total. The fraction of sp³-hybridized carbons (Fsp3) is 0.714. The van der Waals surface area contributed by atoms with E-state index >= 15 is 0 Å². The second-order valence-corrected chi connectivity index (χ2v) is 9.06. The highest BCUT2D eigenvalue weighted by molar-refractivity contribution is 5.84. The van der Waals surface area contributed by atoms with Gasteiger partial charge in [0, 0.05) is 39.9 Å². The van der Waals surface area contributed by atoms with Crippen LogP contribution in [0.3, 0.4) is 0 Å². The molecule has 2 saturated heterocycles. The van der Waals surface area contributed by atoms with Crippen molar-refractivity contribution in [1.82, 2.24) is 19.7 Å². The SMILES string of the molecule is CN1C[C@@H]2C3(CCN(Cc4ccccn4)CC3)CC[C@]2(C(=O)N(C)C)C1. The molecule has 2 atom stereocenters. The van der Waals surface area contributed by atoms with Gasteiger partial charge in [0.15, 0.2) is 0 Å². The van der Waals surface area contributed by atoms with Crippen LogP contribution in [0.5, 0.6) is 0 Å². The molecule has 0 unspecified atom stereocenters. The lowest BCUT2D eigenvalue weighted by Gasteiger charge is -2.44. The summed E-state index contributed by atoms with van der Waals surface area (Å²) in [5.74, 6) is 0.881. The number of carbonyl (C=O) groups is 1. The maximum Gasteiger partial charge on any atom is 0.229 e. The Morgan fingerprint density at radius 1 is 1.23 bits per heavy atom. The molecule has 0 bridgehead atoms. The summed E-state index contributed by atoms with van der Waals surface area (Å²) in [7, 11) is 6.03. The molecule has 1 aliphatic carbocycles. The van der Waals surface area contributed by atoms with Crippen LogP contribution < -0.4 is 0 Å². The molecule has 0 aromatic carbocycles. The molecule has 5 heteroatoms. The van der Waals surface area contributed by atoms with Gasteiger partial charge in [-0.25, -0.2) is 0 Å². The van der Waals surface area contributed by atoms with Crippen molar-refractivity contribution in [2.45, 2.75) is 32.2 Å². The van der Waals surface area contributed by atoms with E-state index in [0.717, 1.165) is 44.8 Å². The number of rotatable bonds is 3. The minimum absolute atomic E-state index is 0.137. The fourth-order valence-electron chi connectivity index (χ4n) is 6.07. The van der Waals surface area contributed by atoms with Crippen LogP contribution in [0.2, 0.25) is 0 Å². The van der Waals surface area contributed by atoms with Crippen LogP contribution in [0, 0.1) is 16.7 Å². The molecule has 5 nitrogen and oxygen atoms in total. The Bertz CT molecular complexity index is 653. The number of likely N-dealkylation sites (tertiary alicyclic amines) is 2. The van der Waals surface area contributed by atoms with Gasteiger partial charge in [0.25, 0.3) is 0 Å². The van der Waals surface area contributed by atoms with E-state index < -0.39 is 0 Å². The molecule has 142 valence electrons. The van der Waals surface area contributed by atoms with Crippen molar-refractivity contribution in [1.29, 1.82) is 0 Å². The summed E-state index contributed by atoms with van der Waals surface area (Å²) in [6, 6.07) is 6.16. The van der Waals surface area contributed by atoms with Gasteiger partial charge in [-0.3, -0.25) is 14.7 Å². The van der Waals surface area contributed by atoms with E-state index in [1.807, 2.05) is 31.3 Å². The minimum atomic E-state index is -0.137. The second kappa shape index (κ2) is 6.61. The van der Waals surface area contributed by atoms with E-state index in [0.29, 0.717) is 17.2 Å². The van der Waals surface area contributed by atoms with Crippen LogP contribution in [0.25, 0.3) is 0 Å². The smallest absolute Gasteiger partial charge is 0.229 e. The van der Waals surface area contributed by atoms with Crippen molar-refractivity contribution in [3.8, 4) is 0 Å². The highest BCUT2D eigenvalue weighted by Crippen LogP contribution is 2.62. The molecule has 1 aromatic heterocycles. The molecule has 1 saturated carbocycles. The Balaban J connectivity index is 1.48. The van der Waals surface area contributed by atoms with Crippen molar-refractivity contribution in [3.05, 3.63) is 30.1 Å². The normalized spacial score (nSPS) is 31.3. The number of nitrogens with zero attached hydrogens (tertiary/aromatic N) is 4. The zero-order valence-corrected chi connectivity index (χ0v) is 16.4. The molecule has 0 radical (unpaired) electrons. The average molecular weight is 357 g/mol. The number of aromatic nitrogens is 1. The van der Waals surface area contributed by atoms with E-state index in [2.05, 4.69) is 34.0 Å². The van der Waals surface area contributed by atoms with Gasteiger partial charge in [0.1, 0.15) is 0 Å². The lowest BCUT2D eigenvalue weighted by atomic mass is 9.65. The molecule has 1 aromatic rings. The maximum absolute atomic E-state index is 13.1. The molecular formula is C21H32N4O. The van der Waals surface area contributed by atoms with Gasteiger partial charge in [-0.2, -0.15) is 0 Å². The third kappa shape index (κ3) is 2.85. The molecule has 3 aliphatic rings. The molecular weight excluding hydrogens is 324 g/mol. The first-order valence-electron chi connectivity index (χ1n) is 9.98. The fourth-order valence-corrected chi connectivity index (χ4v) is 6.07. The van der Waals surface area contributed by atoms with Gasteiger partial charge in [-0.05, 0) is 69.3 Å². The summed E-state index contributed by atoms with van der Waals surface area (Å²) in [6.45, 7) is 5.23. The highest BCUT2D eigenvalue weighted by Gasteiger charge is 2.63. The van der Waals surface area contributed by atoms with Crippen LogP contribution in [0.4, 0.5) is 0 Å². The van der Waals surface area contributed by atoms with Gasteiger partial charge in [-0.15, -0.1) is 0 Å². The Hall–Kier alpha value is -1.46. The molecule has 1 spiro atoms. The number of fused-ring (bicyclic) bond motifs is 2. The largest absolute Gasteiger partial charge is 0.348 e. The summed E-state index contributed by atoms with van der Waals surface area (Å²) in [5.41, 5.74) is 1.38. The molecule has 3 fully saturated rings. The Morgan fingerprint density at radius 3 is 2.65 bits per heavy atom. The van der Waals surface area contributed by atoms with Crippen molar-refractivity contribution >= 4 is 5.91 Å². The number of carbonyl (C=O) groups excluding carboxylic acids is 1. The highest BCUT2D eigenvalue weighted by atomic mass is 16.2. The molecule has 3 heterocycles. The number of pyridine rings is 1. The summed E-state index contributed by atoms with van der Waals surface area (Å²) < 4.78 is 0. The monoisotopic (exact) mass is 356 g/mol. The topological polar surface area (TPSA) is 39.7 Å². The van der Waals surface area contributed by atoms with Gasteiger partial charge in [0.05, 0.1) is 11.1 Å². The predicted molar refractivity (Wildman–Crippen MR) is 103 cm³/mol. The Kier molecular flexibility index (Phi) is 4.56. The van der Waals surface area contributed by atoms with Crippen molar-refractivity contribution < 1.29 is 4.79 Å². The summed E-state index contributed by atoms with van der Waals surface area (Å²) in [4.78, 5) is 24.4. The predicted octanol–water partition coefficient (Wildman–Crippen LogP) is 2.09. The van der Waals surface area contributed by atoms with E-state index in [-0.39, 0.29) is 5.41 Å². The second-order valence-electron chi connectivity index (χ2n) is 9.06. The van der Waals surface area contributed by atoms with Gasteiger partial charge < -0.3 is 9.80 Å². The molecule has 4 rings (SSSR count). The van der Waals surface area contributed by atoms with Crippen LogP contribution >= 0.6 is 0 Å². The standard InChI is InChI=1S/C21H32N4O/c1-23(2)19(26)21-8-7-20(18(21)15-24(3)16-21)9-12-25(13-10-20)14-17-6-4-5-11-22-17/h4-6,11,18H,7-10,12-16H2,1-3H3/t18-,21+/m1/s1. The van der Waals surface area contributed by atoms with Crippen molar-refractivity contribution in [3.63, 3.8) is 0 Å². The van der Waals surface area contributed by atoms with Crippen LogP contribution in [0.1, 0.15) is 31.4 Å². The quantitative estimate of drug-likeness (QED) is 0.831. The van der Waals surface area contributed by atoms with E-state index in [4.69, 9.17) is 0 Å². The van der Waals surface area contributed by atoms with Gasteiger partial charge in [0.2, 0.25) is 5.91 Å². The Morgan fingerprint density at radius 2 is 2.00 bits per heavy atom. The van der Waals surface area contributed by atoms with Crippen LogP contribution in [-0.4, -0.2) is 72.9 Å². The van der Waals surface area contributed by atoms with E-state index in [1.165, 1.54) is 19.3 Å². The first-order valence-corrected chi connectivity index (χ1v) is 9.98. The Labute approximate surface area is 157 Å². The van der Waals surface area contributed by atoms with Gasteiger partial charge >= 0.3 is 0 Å². The molecule has 26 heavy (non-hydrogen) atoms. The van der Waals surface area contributed by atoms with E-state index in [9.17, 15) is 4.79 Å². The number of amides is 1. The summed E-state index contributed by atoms with van der Waals surface area (Å²) >= 11 is 0. The van der Waals surface area contributed by atoms with Crippen molar-refractivity contribution in [2.75, 3.05) is 47.3 Å². The molecule has 1 amide bonds. The summed E-state index contributed by atoms with van der Waals surface area (Å²) in [6.07, 6.45) is 6.62. The lowest BCUT2D eigenvalue weighted by Crippen LogP contribution is -2.48. The molecule has 2 aliphatic heterocycles. The third-order valence-corrected chi connectivity index (χ3v) is 7.32. The number of hydrogen-bond acceptors (Lipinski definition) is 4. The maximum atomic E-state index is 13.1. The van der Waals surface area contributed by atoms with Crippen LogP contribution in [0.15, 0.2) is 24.4 Å². The van der Waals surface area contributed by atoms with Crippen molar-refractivity contribution in [2.24, 2.45) is 16.7 Å². The first kappa shape index (κ1) is 17.9. The van der Waals surface area contributed by atoms with Gasteiger partial charge in [-0.1, -0.05) is 6.07 Å². The first-order chi connectivity index (χ1) is 12.5. The van der Waals surface area contributed by atoms with E-state index in [1.54, 1.807) is 0 Å². The van der Waals surface area contributed by atoms with Crippen LogP contribution in [-0.2, 0) is 11.3 Å². The minimum Gasteiger partial charge on any atom is -0.348 e. The third-order valence-electron chi connectivity index (χ3n) is 7.32. The number of piperidine rings is 1. The number of hydrogen-bond donors (Lipinski definition) is 0.